The smallest absolute Gasteiger partial charge is 0.339 e. The van der Waals surface area contributed by atoms with Crippen molar-refractivity contribution in [2.24, 2.45) is 5.73 Å². The van der Waals surface area contributed by atoms with Gasteiger partial charge in [0.05, 0.1) is 10.5 Å². The molecule has 10 heteroatoms. The third kappa shape index (κ3) is 5.18. The molecule has 1 amide bonds. The zero-order valence-corrected chi connectivity index (χ0v) is 16.8. The summed E-state index contributed by atoms with van der Waals surface area (Å²) in [5.74, 6) is -1.24. The summed E-state index contributed by atoms with van der Waals surface area (Å²) < 4.78 is 6.04. The number of rotatable bonds is 7. The van der Waals surface area contributed by atoms with Crippen LogP contribution >= 0.6 is 23.1 Å². The van der Waals surface area contributed by atoms with Crippen LogP contribution in [-0.4, -0.2) is 21.8 Å². The van der Waals surface area contributed by atoms with E-state index in [-0.39, 0.29) is 17.9 Å². The Kier molecular flexibility index (Phi) is 6.25. The van der Waals surface area contributed by atoms with Crippen molar-refractivity contribution >= 4 is 40.7 Å². The Labute approximate surface area is 173 Å². The van der Waals surface area contributed by atoms with Crippen molar-refractivity contribution in [2.75, 3.05) is 0 Å². The van der Waals surface area contributed by atoms with Crippen LogP contribution in [0.4, 0.5) is 5.69 Å². The predicted octanol–water partition coefficient (Wildman–Crippen LogP) is 3.97. The van der Waals surface area contributed by atoms with Crippen molar-refractivity contribution in [1.29, 1.82) is 0 Å². The van der Waals surface area contributed by atoms with Crippen LogP contribution in [0.3, 0.4) is 0 Å². The second-order valence-electron chi connectivity index (χ2n) is 5.93. The number of hydrogen-bond acceptors (Lipinski definition) is 8. The number of primary amides is 1. The summed E-state index contributed by atoms with van der Waals surface area (Å²) in [6, 6.07) is 10.3. The number of esters is 1. The van der Waals surface area contributed by atoms with Gasteiger partial charge in [-0.1, -0.05) is 23.9 Å². The highest BCUT2D eigenvalue weighted by molar-refractivity contribution is 8.01. The molecule has 0 saturated heterocycles. The number of thiazole rings is 1. The largest absolute Gasteiger partial charge is 0.457 e. The molecule has 1 aromatic heterocycles. The van der Waals surface area contributed by atoms with Gasteiger partial charge < -0.3 is 10.5 Å². The molecule has 2 aromatic carbocycles. The van der Waals surface area contributed by atoms with Gasteiger partial charge in [0.25, 0.3) is 5.69 Å². The summed E-state index contributed by atoms with van der Waals surface area (Å²) in [6.07, 6.45) is 0. The average Bonchev–Trinajstić information content (AvgIpc) is 3.11. The van der Waals surface area contributed by atoms with Crippen molar-refractivity contribution < 1.29 is 19.2 Å². The highest BCUT2D eigenvalue weighted by Crippen LogP contribution is 2.34. The van der Waals surface area contributed by atoms with Gasteiger partial charge in [0.2, 0.25) is 5.91 Å². The molecule has 3 rings (SSSR count). The van der Waals surface area contributed by atoms with E-state index in [1.165, 1.54) is 53.4 Å². The molecule has 8 nitrogen and oxygen atoms in total. The van der Waals surface area contributed by atoms with E-state index in [4.69, 9.17) is 10.5 Å². The van der Waals surface area contributed by atoms with Crippen LogP contribution in [0.5, 0.6) is 0 Å². The molecule has 3 aromatic rings. The van der Waals surface area contributed by atoms with Gasteiger partial charge in [-0.05, 0) is 30.7 Å². The second kappa shape index (κ2) is 8.84. The Balaban J connectivity index is 1.80. The van der Waals surface area contributed by atoms with Gasteiger partial charge in [0, 0.05) is 33.7 Å². The van der Waals surface area contributed by atoms with Crippen LogP contribution in [-0.2, 0) is 11.3 Å². The third-order valence-corrected chi connectivity index (χ3v) is 5.93. The van der Waals surface area contributed by atoms with E-state index in [1.54, 1.807) is 12.1 Å². The molecule has 0 radical (unpaired) electrons. The number of carbonyl (C=O) groups excluding carboxylic acids is 2. The normalized spacial score (nSPS) is 10.5. The second-order valence-corrected chi connectivity index (χ2v) is 8.08. The Morgan fingerprint density at radius 2 is 1.97 bits per heavy atom. The summed E-state index contributed by atoms with van der Waals surface area (Å²) in [4.78, 5) is 39.1. The van der Waals surface area contributed by atoms with Crippen molar-refractivity contribution in [3.8, 4) is 0 Å². The van der Waals surface area contributed by atoms with Gasteiger partial charge in [0.1, 0.15) is 6.61 Å². The first-order chi connectivity index (χ1) is 13.8. The number of aromatic nitrogens is 1. The molecule has 0 spiro atoms. The van der Waals surface area contributed by atoms with Crippen LogP contribution in [0, 0.1) is 17.0 Å². The molecule has 0 aliphatic rings. The maximum atomic E-state index is 12.6. The minimum Gasteiger partial charge on any atom is -0.457 e. The molecular weight excluding hydrogens is 414 g/mol. The quantitative estimate of drug-likeness (QED) is 0.342. The van der Waals surface area contributed by atoms with E-state index in [2.05, 4.69) is 4.98 Å². The number of nitro benzene ring substituents is 1. The van der Waals surface area contributed by atoms with Crippen molar-refractivity contribution in [1.82, 2.24) is 4.98 Å². The van der Waals surface area contributed by atoms with Gasteiger partial charge in [-0.25, -0.2) is 9.78 Å². The average molecular weight is 429 g/mol. The number of nitrogens with two attached hydrogens (primary N) is 1. The number of nitrogens with zero attached hydrogens (tertiary/aromatic N) is 2. The fraction of sp³-hybridized carbons (Fsp3) is 0.105. The first-order valence-electron chi connectivity index (χ1n) is 8.28. The van der Waals surface area contributed by atoms with Crippen molar-refractivity contribution in [2.45, 2.75) is 22.8 Å². The first kappa shape index (κ1) is 20.5. The van der Waals surface area contributed by atoms with Gasteiger partial charge in [-0.15, -0.1) is 11.3 Å². The molecular formula is C19H15N3O5S2. The molecule has 0 bridgehead atoms. The lowest BCUT2D eigenvalue weighted by Crippen LogP contribution is -2.11. The standard InChI is InChI=1S/C19H15N3O5S2/c1-11-10-28-19(21-11)29-16-7-6-14(22(25)26)8-15(16)18(24)27-9-12-2-4-13(5-3-12)17(20)23/h2-8,10H,9H2,1H3,(H2,20,23). The minimum atomic E-state index is -0.691. The minimum absolute atomic E-state index is 0.0545. The number of benzene rings is 2. The molecule has 0 aliphatic carbocycles. The van der Waals surface area contributed by atoms with Crippen LogP contribution in [0.15, 0.2) is 57.1 Å². The lowest BCUT2D eigenvalue weighted by molar-refractivity contribution is -0.384. The molecule has 1 heterocycles. The maximum Gasteiger partial charge on any atom is 0.339 e. The fourth-order valence-corrected chi connectivity index (χ4v) is 4.24. The van der Waals surface area contributed by atoms with E-state index in [1.807, 2.05) is 12.3 Å². The van der Waals surface area contributed by atoms with Crippen molar-refractivity contribution in [3.63, 3.8) is 0 Å². The zero-order chi connectivity index (χ0) is 21.0. The Hall–Kier alpha value is -3.24. The predicted molar refractivity (Wildman–Crippen MR) is 108 cm³/mol. The maximum absolute atomic E-state index is 12.6. The SMILES string of the molecule is Cc1csc(Sc2ccc([N+](=O)[O-])cc2C(=O)OCc2ccc(C(N)=O)cc2)n1. The van der Waals surface area contributed by atoms with Crippen LogP contribution < -0.4 is 5.73 Å². The van der Waals surface area contributed by atoms with Gasteiger partial charge in [0.15, 0.2) is 4.34 Å². The Morgan fingerprint density at radius 3 is 2.55 bits per heavy atom. The van der Waals surface area contributed by atoms with E-state index < -0.39 is 16.8 Å². The fourth-order valence-electron chi connectivity index (χ4n) is 2.35. The zero-order valence-electron chi connectivity index (χ0n) is 15.2. The summed E-state index contributed by atoms with van der Waals surface area (Å²) in [7, 11) is 0. The lowest BCUT2D eigenvalue weighted by atomic mass is 10.1. The molecule has 0 atom stereocenters. The summed E-state index contributed by atoms with van der Waals surface area (Å²) in [6.45, 7) is 1.80. The molecule has 0 saturated carbocycles. The molecule has 2 N–H and O–H groups in total. The first-order valence-corrected chi connectivity index (χ1v) is 9.97. The van der Waals surface area contributed by atoms with E-state index in [9.17, 15) is 19.7 Å². The van der Waals surface area contributed by atoms with Crippen LogP contribution in [0.1, 0.15) is 32.0 Å². The van der Waals surface area contributed by atoms with E-state index >= 15 is 0 Å². The highest BCUT2D eigenvalue weighted by Gasteiger charge is 2.20. The number of ether oxygens (including phenoxy) is 1. The molecule has 0 fully saturated rings. The van der Waals surface area contributed by atoms with Crippen molar-refractivity contribution in [3.05, 3.63) is 80.3 Å². The van der Waals surface area contributed by atoms with Crippen LogP contribution in [0.25, 0.3) is 0 Å². The monoisotopic (exact) mass is 429 g/mol. The molecule has 0 aliphatic heterocycles. The highest BCUT2D eigenvalue weighted by atomic mass is 32.2. The van der Waals surface area contributed by atoms with E-state index in [0.29, 0.717) is 20.4 Å². The number of carbonyl (C=O) groups is 2. The number of amides is 1. The Bertz CT molecular complexity index is 1080. The van der Waals surface area contributed by atoms with Gasteiger partial charge >= 0.3 is 5.97 Å². The van der Waals surface area contributed by atoms with Gasteiger partial charge in [-0.2, -0.15) is 0 Å². The molecule has 0 unspecified atom stereocenters. The molecule has 29 heavy (non-hydrogen) atoms. The molecule has 148 valence electrons. The summed E-state index contributed by atoms with van der Waals surface area (Å²) in [5.41, 5.74) is 6.92. The lowest BCUT2D eigenvalue weighted by Gasteiger charge is -2.09. The summed E-state index contributed by atoms with van der Waals surface area (Å²) >= 11 is 2.66. The topological polar surface area (TPSA) is 125 Å². The number of nitro groups is 1. The third-order valence-electron chi connectivity index (χ3n) is 3.80. The van der Waals surface area contributed by atoms with Crippen LogP contribution in [0.2, 0.25) is 0 Å². The number of hydrogen-bond donors (Lipinski definition) is 1. The Morgan fingerprint density at radius 1 is 1.24 bits per heavy atom. The van der Waals surface area contributed by atoms with Gasteiger partial charge in [-0.3, -0.25) is 14.9 Å². The van der Waals surface area contributed by atoms with E-state index in [0.717, 1.165) is 5.69 Å². The number of non-ortho nitro benzene ring substituents is 1. The summed E-state index contributed by atoms with van der Waals surface area (Å²) in [5, 5.41) is 13.0. The number of aryl methyl sites for hydroxylation is 1.